The zero-order valence-electron chi connectivity index (χ0n) is 14.1. The molecule has 0 atom stereocenters. The lowest BCUT2D eigenvalue weighted by Gasteiger charge is -2.11. The van der Waals surface area contributed by atoms with Crippen LogP contribution >= 0.6 is 0 Å². The minimum Gasteiger partial charge on any atom is -0.357 e. The summed E-state index contributed by atoms with van der Waals surface area (Å²) in [7, 11) is 0. The molecule has 0 aliphatic carbocycles. The van der Waals surface area contributed by atoms with Gasteiger partial charge in [-0.15, -0.1) is 0 Å². The molecule has 2 aromatic rings. The van der Waals surface area contributed by atoms with Crippen LogP contribution in [0.2, 0.25) is 0 Å². The molecular formula is C18H22FN5O. The Kier molecular flexibility index (Phi) is 7.37. The van der Waals surface area contributed by atoms with Crippen molar-refractivity contribution in [2.75, 3.05) is 25.0 Å². The SMILES string of the molecule is CCNC(=NCC(=O)Nc1cccc(F)c1)NCCc1ccccn1. The fourth-order valence-electron chi connectivity index (χ4n) is 2.11. The molecule has 0 spiro atoms. The van der Waals surface area contributed by atoms with Crippen molar-refractivity contribution in [2.24, 2.45) is 4.99 Å². The molecule has 0 saturated carbocycles. The van der Waals surface area contributed by atoms with Gasteiger partial charge in [-0.1, -0.05) is 12.1 Å². The molecule has 0 aliphatic heterocycles. The first-order valence-electron chi connectivity index (χ1n) is 8.15. The summed E-state index contributed by atoms with van der Waals surface area (Å²) in [4.78, 5) is 20.4. The maximum atomic E-state index is 13.1. The van der Waals surface area contributed by atoms with Gasteiger partial charge >= 0.3 is 0 Å². The monoisotopic (exact) mass is 343 g/mol. The predicted molar refractivity (Wildman–Crippen MR) is 97.0 cm³/mol. The third kappa shape index (κ3) is 6.99. The highest BCUT2D eigenvalue weighted by Crippen LogP contribution is 2.08. The summed E-state index contributed by atoms with van der Waals surface area (Å²) in [6, 6.07) is 11.5. The number of halogens is 1. The Morgan fingerprint density at radius 3 is 2.80 bits per heavy atom. The molecule has 1 aromatic carbocycles. The number of hydrogen-bond acceptors (Lipinski definition) is 3. The van der Waals surface area contributed by atoms with Crippen LogP contribution < -0.4 is 16.0 Å². The molecule has 3 N–H and O–H groups in total. The van der Waals surface area contributed by atoms with Gasteiger partial charge in [-0.3, -0.25) is 9.78 Å². The van der Waals surface area contributed by atoms with E-state index >= 15 is 0 Å². The molecule has 6 nitrogen and oxygen atoms in total. The number of aromatic nitrogens is 1. The molecule has 25 heavy (non-hydrogen) atoms. The van der Waals surface area contributed by atoms with Crippen LogP contribution in [0.4, 0.5) is 10.1 Å². The molecule has 0 saturated heterocycles. The third-order valence-corrected chi connectivity index (χ3v) is 3.23. The first-order valence-corrected chi connectivity index (χ1v) is 8.15. The highest BCUT2D eigenvalue weighted by atomic mass is 19.1. The van der Waals surface area contributed by atoms with E-state index in [0.29, 0.717) is 24.7 Å². The van der Waals surface area contributed by atoms with E-state index < -0.39 is 5.82 Å². The van der Waals surface area contributed by atoms with Gasteiger partial charge in [0.05, 0.1) is 0 Å². The Bertz CT molecular complexity index is 706. The molecule has 0 fully saturated rings. The largest absolute Gasteiger partial charge is 0.357 e. The van der Waals surface area contributed by atoms with Crippen LogP contribution in [0.1, 0.15) is 12.6 Å². The van der Waals surface area contributed by atoms with Crippen LogP contribution in [0.25, 0.3) is 0 Å². The van der Waals surface area contributed by atoms with Crippen LogP contribution in [-0.4, -0.2) is 36.5 Å². The molecule has 7 heteroatoms. The Morgan fingerprint density at radius 2 is 2.08 bits per heavy atom. The number of carbonyl (C=O) groups is 1. The van der Waals surface area contributed by atoms with Crippen LogP contribution in [0.15, 0.2) is 53.7 Å². The topological polar surface area (TPSA) is 78.4 Å². The molecule has 1 aromatic heterocycles. The Morgan fingerprint density at radius 1 is 1.20 bits per heavy atom. The van der Waals surface area contributed by atoms with Crippen LogP contribution in [-0.2, 0) is 11.2 Å². The number of rotatable bonds is 7. The number of benzene rings is 1. The second-order valence-corrected chi connectivity index (χ2v) is 5.25. The quantitative estimate of drug-likeness (QED) is 0.530. The van der Waals surface area contributed by atoms with Crippen molar-refractivity contribution < 1.29 is 9.18 Å². The number of pyridine rings is 1. The zero-order chi connectivity index (χ0) is 17.9. The molecule has 1 heterocycles. The number of nitrogens with zero attached hydrogens (tertiary/aromatic N) is 2. The van der Waals surface area contributed by atoms with Gasteiger partial charge in [-0.25, -0.2) is 9.38 Å². The molecule has 0 radical (unpaired) electrons. The summed E-state index contributed by atoms with van der Waals surface area (Å²) in [5, 5.41) is 8.84. The summed E-state index contributed by atoms with van der Waals surface area (Å²) in [6.07, 6.45) is 2.51. The summed E-state index contributed by atoms with van der Waals surface area (Å²) in [6.45, 7) is 3.22. The Balaban J connectivity index is 1.82. The average Bonchev–Trinajstić information content (AvgIpc) is 2.60. The van der Waals surface area contributed by atoms with Crippen LogP contribution in [0.5, 0.6) is 0 Å². The molecule has 2 rings (SSSR count). The number of amides is 1. The van der Waals surface area contributed by atoms with E-state index in [2.05, 4.69) is 25.9 Å². The lowest BCUT2D eigenvalue weighted by Crippen LogP contribution is -2.39. The number of aliphatic imine (C=N–C) groups is 1. The molecule has 0 aliphatic rings. The maximum Gasteiger partial charge on any atom is 0.246 e. The number of carbonyl (C=O) groups excluding carboxylic acids is 1. The smallest absolute Gasteiger partial charge is 0.246 e. The number of guanidine groups is 1. The van der Waals surface area contributed by atoms with E-state index in [9.17, 15) is 9.18 Å². The zero-order valence-corrected chi connectivity index (χ0v) is 14.1. The number of nitrogens with one attached hydrogen (secondary N) is 3. The van der Waals surface area contributed by atoms with Crippen LogP contribution in [0, 0.1) is 5.82 Å². The second kappa shape index (κ2) is 10.0. The van der Waals surface area contributed by atoms with E-state index in [-0.39, 0.29) is 12.5 Å². The van der Waals surface area contributed by atoms with Crippen molar-refractivity contribution in [1.82, 2.24) is 15.6 Å². The summed E-state index contributed by atoms with van der Waals surface area (Å²) in [5.41, 5.74) is 1.39. The van der Waals surface area contributed by atoms with E-state index in [4.69, 9.17) is 0 Å². The minimum atomic E-state index is -0.397. The van der Waals surface area contributed by atoms with Gasteiger partial charge < -0.3 is 16.0 Å². The van der Waals surface area contributed by atoms with Crippen molar-refractivity contribution in [3.63, 3.8) is 0 Å². The fraction of sp³-hybridized carbons (Fsp3) is 0.278. The third-order valence-electron chi connectivity index (χ3n) is 3.23. The summed E-state index contributed by atoms with van der Waals surface area (Å²) < 4.78 is 13.1. The van der Waals surface area contributed by atoms with E-state index in [1.165, 1.54) is 18.2 Å². The minimum absolute atomic E-state index is 0.0601. The van der Waals surface area contributed by atoms with Gasteiger partial charge in [0.25, 0.3) is 0 Å². The number of anilines is 1. The van der Waals surface area contributed by atoms with Crippen molar-refractivity contribution in [1.29, 1.82) is 0 Å². The van der Waals surface area contributed by atoms with Gasteiger partial charge in [0.15, 0.2) is 5.96 Å². The maximum absolute atomic E-state index is 13.1. The first kappa shape index (κ1) is 18.4. The van der Waals surface area contributed by atoms with Crippen molar-refractivity contribution >= 4 is 17.6 Å². The second-order valence-electron chi connectivity index (χ2n) is 5.25. The van der Waals surface area contributed by atoms with Gasteiger partial charge in [-0.05, 0) is 37.3 Å². The number of hydrogen-bond donors (Lipinski definition) is 3. The highest BCUT2D eigenvalue weighted by molar-refractivity contribution is 5.94. The first-order chi connectivity index (χ1) is 12.2. The van der Waals surface area contributed by atoms with Gasteiger partial charge in [-0.2, -0.15) is 0 Å². The lowest BCUT2D eigenvalue weighted by molar-refractivity contribution is -0.114. The molecular weight excluding hydrogens is 321 g/mol. The standard InChI is InChI=1S/C18H22FN5O/c1-2-20-18(22-11-9-15-7-3-4-10-21-15)23-13-17(25)24-16-8-5-6-14(19)12-16/h3-8,10,12H,2,9,11,13H2,1H3,(H,24,25)(H2,20,22,23). The van der Waals surface area contributed by atoms with E-state index in [0.717, 1.165) is 12.1 Å². The molecule has 132 valence electrons. The van der Waals surface area contributed by atoms with Gasteiger partial charge in [0.2, 0.25) is 5.91 Å². The molecule has 0 bridgehead atoms. The van der Waals surface area contributed by atoms with Crippen molar-refractivity contribution in [3.8, 4) is 0 Å². The molecule has 1 amide bonds. The fourth-order valence-corrected chi connectivity index (χ4v) is 2.11. The Labute approximate surface area is 146 Å². The Hall–Kier alpha value is -2.96. The van der Waals surface area contributed by atoms with Gasteiger partial charge in [0.1, 0.15) is 12.4 Å². The van der Waals surface area contributed by atoms with E-state index in [1.54, 1.807) is 12.3 Å². The molecule has 0 unspecified atom stereocenters. The lowest BCUT2D eigenvalue weighted by atomic mass is 10.3. The highest BCUT2D eigenvalue weighted by Gasteiger charge is 2.04. The van der Waals surface area contributed by atoms with Crippen LogP contribution in [0.3, 0.4) is 0 Å². The normalized spacial score (nSPS) is 11.0. The summed E-state index contributed by atoms with van der Waals surface area (Å²) in [5.74, 6) is -0.161. The van der Waals surface area contributed by atoms with E-state index in [1.807, 2.05) is 25.1 Å². The van der Waals surface area contributed by atoms with Crippen molar-refractivity contribution in [3.05, 3.63) is 60.2 Å². The van der Waals surface area contributed by atoms with Gasteiger partial charge in [0, 0.05) is 37.1 Å². The summed E-state index contributed by atoms with van der Waals surface area (Å²) >= 11 is 0. The predicted octanol–water partition coefficient (Wildman–Crippen LogP) is 1.96. The van der Waals surface area contributed by atoms with Crippen molar-refractivity contribution in [2.45, 2.75) is 13.3 Å². The average molecular weight is 343 g/mol.